The number of ether oxygens (including phenoxy) is 1. The van der Waals surface area contributed by atoms with E-state index in [1.54, 1.807) is 6.07 Å². The quantitative estimate of drug-likeness (QED) is 0.383. The third-order valence-electron chi connectivity index (χ3n) is 4.45. The lowest BCUT2D eigenvalue weighted by Crippen LogP contribution is -2.15. The summed E-state index contributed by atoms with van der Waals surface area (Å²) in [5.41, 5.74) is 2.53. The monoisotopic (exact) mass is 370 g/mol. The molecule has 0 radical (unpaired) electrons. The molecule has 140 valence electrons. The molecule has 28 heavy (non-hydrogen) atoms. The van der Waals surface area contributed by atoms with Gasteiger partial charge in [0.15, 0.2) is 0 Å². The first-order valence-corrected chi connectivity index (χ1v) is 9.12. The van der Waals surface area contributed by atoms with Crippen molar-refractivity contribution in [2.45, 2.75) is 13.2 Å². The molecule has 0 atom stereocenters. The van der Waals surface area contributed by atoms with Gasteiger partial charge in [0.2, 0.25) is 0 Å². The molecule has 0 aliphatic carbocycles. The van der Waals surface area contributed by atoms with Crippen LogP contribution in [0.25, 0.3) is 10.8 Å². The molecule has 4 aromatic carbocycles. The van der Waals surface area contributed by atoms with E-state index in [1.165, 1.54) is 0 Å². The van der Waals surface area contributed by atoms with Crippen molar-refractivity contribution in [2.75, 3.05) is 5.23 Å². The Morgan fingerprint density at radius 3 is 1.96 bits per heavy atom. The summed E-state index contributed by atoms with van der Waals surface area (Å²) in [6, 6.07) is 31.0. The fraction of sp³-hybridized carbons (Fsp3) is 0.0833. The van der Waals surface area contributed by atoms with E-state index in [4.69, 9.17) is 9.57 Å². The zero-order valence-electron chi connectivity index (χ0n) is 15.3. The van der Waals surface area contributed by atoms with Crippen molar-refractivity contribution in [3.8, 4) is 5.75 Å². The maximum absolute atomic E-state index is 12.3. The largest absolute Gasteiger partial charge is 0.733 e. The molecule has 0 aromatic heterocycles. The van der Waals surface area contributed by atoms with E-state index in [1.807, 2.05) is 91.0 Å². The van der Waals surface area contributed by atoms with Gasteiger partial charge in [0.1, 0.15) is 12.4 Å². The van der Waals surface area contributed by atoms with E-state index in [-0.39, 0.29) is 6.61 Å². The Bertz CT molecular complexity index is 1040. The Kier molecular flexibility index (Phi) is 5.52. The summed E-state index contributed by atoms with van der Waals surface area (Å²) in [6.07, 6.45) is 0. The third kappa shape index (κ3) is 4.49. The third-order valence-corrected chi connectivity index (χ3v) is 4.45. The molecule has 0 heterocycles. The topological polar surface area (TPSA) is 44.8 Å². The minimum Gasteiger partial charge on any atom is -0.733 e. The second-order valence-electron chi connectivity index (χ2n) is 6.48. The normalized spacial score (nSPS) is 10.8. The summed E-state index contributed by atoms with van der Waals surface area (Å²) < 4.78 is 5.87. The zero-order valence-corrected chi connectivity index (χ0v) is 15.3. The molecule has 4 heteroatoms. The van der Waals surface area contributed by atoms with Crippen LogP contribution in [0, 0.1) is 5.21 Å². The van der Waals surface area contributed by atoms with Gasteiger partial charge in [0.05, 0.1) is 12.3 Å². The second kappa shape index (κ2) is 8.57. The van der Waals surface area contributed by atoms with Crippen molar-refractivity contribution in [3.05, 3.63) is 113 Å². The molecule has 0 saturated heterocycles. The number of anilines is 1. The molecule has 0 aliphatic rings. The molecular formula is C24H20NO3-. The van der Waals surface area contributed by atoms with Crippen molar-refractivity contribution in [1.29, 1.82) is 0 Å². The molecule has 4 aromatic rings. The number of rotatable bonds is 7. The molecule has 0 spiro atoms. The summed E-state index contributed by atoms with van der Waals surface area (Å²) in [5.74, 6) is 0.795. The van der Waals surface area contributed by atoms with Gasteiger partial charge in [-0.25, -0.2) is 0 Å². The standard InChI is InChI=1S/C24H20NO3/c26-25(28-18-20-9-5-2-6-10-20)23-13-11-22-16-24(14-12-21(22)15-23)27-17-19-7-3-1-4-8-19/h1-16H,17-18H2/q-1. The van der Waals surface area contributed by atoms with Crippen LogP contribution in [0.2, 0.25) is 0 Å². The van der Waals surface area contributed by atoms with Gasteiger partial charge in [-0.05, 0) is 46.2 Å². The summed E-state index contributed by atoms with van der Waals surface area (Å²) in [5, 5.41) is 14.8. The van der Waals surface area contributed by atoms with E-state index in [2.05, 4.69) is 0 Å². The van der Waals surface area contributed by atoms with Gasteiger partial charge in [0.25, 0.3) is 0 Å². The van der Waals surface area contributed by atoms with Crippen LogP contribution >= 0.6 is 0 Å². The fourth-order valence-corrected chi connectivity index (χ4v) is 2.94. The van der Waals surface area contributed by atoms with Crippen LogP contribution < -0.4 is 9.96 Å². The smallest absolute Gasteiger partial charge is 0.120 e. The second-order valence-corrected chi connectivity index (χ2v) is 6.48. The van der Waals surface area contributed by atoms with Crippen molar-refractivity contribution in [2.24, 2.45) is 0 Å². The highest BCUT2D eigenvalue weighted by Gasteiger charge is 2.03. The Labute approximate surface area is 164 Å². The Balaban J connectivity index is 1.42. The maximum atomic E-state index is 12.3. The van der Waals surface area contributed by atoms with E-state index in [9.17, 15) is 5.21 Å². The van der Waals surface area contributed by atoms with Crippen LogP contribution in [-0.2, 0) is 18.1 Å². The number of nitrogens with zero attached hydrogens (tertiary/aromatic N) is 1. The lowest BCUT2D eigenvalue weighted by atomic mass is 10.1. The van der Waals surface area contributed by atoms with E-state index < -0.39 is 0 Å². The predicted octanol–water partition coefficient (Wildman–Crippen LogP) is 5.85. The highest BCUT2D eigenvalue weighted by molar-refractivity contribution is 5.87. The Morgan fingerprint density at radius 1 is 0.643 bits per heavy atom. The van der Waals surface area contributed by atoms with Gasteiger partial charge in [-0.3, -0.25) is 4.84 Å². The number of hydrogen-bond donors (Lipinski definition) is 0. The van der Waals surface area contributed by atoms with Gasteiger partial charge in [-0.15, -0.1) is 0 Å². The molecule has 0 aliphatic heterocycles. The van der Waals surface area contributed by atoms with E-state index >= 15 is 0 Å². The molecule has 0 fully saturated rings. The minimum absolute atomic E-state index is 0.231. The van der Waals surface area contributed by atoms with Gasteiger partial charge in [-0.2, -0.15) is 0 Å². The van der Waals surface area contributed by atoms with Crippen molar-refractivity contribution in [3.63, 3.8) is 0 Å². The highest BCUT2D eigenvalue weighted by atomic mass is 16.9. The lowest BCUT2D eigenvalue weighted by molar-refractivity contribution is 0.119. The zero-order chi connectivity index (χ0) is 19.2. The maximum Gasteiger partial charge on any atom is 0.120 e. The van der Waals surface area contributed by atoms with Crippen LogP contribution in [0.15, 0.2) is 97.1 Å². The van der Waals surface area contributed by atoms with E-state index in [0.29, 0.717) is 17.5 Å². The highest BCUT2D eigenvalue weighted by Crippen LogP contribution is 2.26. The molecule has 4 nitrogen and oxygen atoms in total. The van der Waals surface area contributed by atoms with Crippen LogP contribution in [0.1, 0.15) is 11.1 Å². The van der Waals surface area contributed by atoms with Crippen molar-refractivity contribution < 1.29 is 9.57 Å². The first-order chi connectivity index (χ1) is 13.8. The van der Waals surface area contributed by atoms with Gasteiger partial charge >= 0.3 is 0 Å². The molecule has 4 rings (SSSR count). The predicted molar refractivity (Wildman–Crippen MR) is 112 cm³/mol. The van der Waals surface area contributed by atoms with Crippen LogP contribution in [0.4, 0.5) is 5.69 Å². The lowest BCUT2D eigenvalue weighted by Gasteiger charge is -2.29. The average Bonchev–Trinajstić information content (AvgIpc) is 2.77. The molecule has 0 amide bonds. The molecule has 0 N–H and O–H groups in total. The van der Waals surface area contributed by atoms with Gasteiger partial charge in [-0.1, -0.05) is 72.8 Å². The Morgan fingerprint density at radius 2 is 1.25 bits per heavy atom. The fourth-order valence-electron chi connectivity index (χ4n) is 2.94. The summed E-state index contributed by atoms with van der Waals surface area (Å²) in [6.45, 7) is 0.751. The van der Waals surface area contributed by atoms with Crippen LogP contribution in [0.5, 0.6) is 5.75 Å². The van der Waals surface area contributed by atoms with E-state index in [0.717, 1.165) is 27.6 Å². The van der Waals surface area contributed by atoms with Crippen LogP contribution in [-0.4, -0.2) is 0 Å². The average molecular weight is 370 g/mol. The molecule has 0 saturated carbocycles. The minimum atomic E-state index is 0.231. The molecule has 0 bridgehead atoms. The first kappa shape index (κ1) is 18.0. The summed E-state index contributed by atoms with van der Waals surface area (Å²) in [7, 11) is 0. The van der Waals surface area contributed by atoms with Crippen molar-refractivity contribution >= 4 is 16.5 Å². The van der Waals surface area contributed by atoms with Gasteiger partial charge < -0.3 is 15.2 Å². The summed E-state index contributed by atoms with van der Waals surface area (Å²) >= 11 is 0. The first-order valence-electron chi connectivity index (χ1n) is 9.12. The number of fused-ring (bicyclic) bond motifs is 1. The number of benzene rings is 4. The van der Waals surface area contributed by atoms with Crippen LogP contribution in [0.3, 0.4) is 0 Å². The van der Waals surface area contributed by atoms with Gasteiger partial charge in [0, 0.05) is 0 Å². The SMILES string of the molecule is [O-]N(OCc1ccccc1)c1ccc2cc(OCc3ccccc3)ccc2c1. The summed E-state index contributed by atoms with van der Waals surface area (Å²) in [4.78, 5) is 5.33. The Hall–Kier alpha value is -3.34. The number of hydrogen-bond acceptors (Lipinski definition) is 4. The molecule has 0 unspecified atom stereocenters. The molecular weight excluding hydrogens is 350 g/mol. The van der Waals surface area contributed by atoms with Crippen molar-refractivity contribution in [1.82, 2.24) is 0 Å².